The molecule has 0 unspecified atom stereocenters. The second-order valence-electron chi connectivity index (χ2n) is 6.10. The van der Waals surface area contributed by atoms with Crippen molar-refractivity contribution in [3.8, 4) is 0 Å². The summed E-state index contributed by atoms with van der Waals surface area (Å²) in [6.45, 7) is 4.13. The van der Waals surface area contributed by atoms with Crippen molar-refractivity contribution in [2.75, 3.05) is 25.5 Å². The van der Waals surface area contributed by atoms with Gasteiger partial charge in [0.1, 0.15) is 5.82 Å². The van der Waals surface area contributed by atoms with Crippen LogP contribution in [0.3, 0.4) is 0 Å². The lowest BCUT2D eigenvalue weighted by atomic mass is 10.1. The number of likely N-dealkylation sites (tertiary alicyclic amines) is 1. The maximum atomic E-state index is 12.2. The molecule has 1 fully saturated rings. The number of aryl methyl sites for hydroxylation is 2. The minimum atomic E-state index is 0.0347. The van der Waals surface area contributed by atoms with Crippen LogP contribution >= 0.6 is 11.3 Å². The predicted octanol–water partition coefficient (Wildman–Crippen LogP) is 2.49. The van der Waals surface area contributed by atoms with Gasteiger partial charge in [0, 0.05) is 17.4 Å². The van der Waals surface area contributed by atoms with E-state index in [-0.39, 0.29) is 5.91 Å². The van der Waals surface area contributed by atoms with Gasteiger partial charge in [-0.1, -0.05) is 0 Å². The molecule has 0 radical (unpaired) electrons. The molecule has 0 atom stereocenters. The van der Waals surface area contributed by atoms with E-state index in [0.29, 0.717) is 12.5 Å². The fourth-order valence-corrected chi connectivity index (χ4v) is 3.72. The van der Waals surface area contributed by atoms with Crippen LogP contribution < -0.4 is 5.32 Å². The van der Waals surface area contributed by atoms with E-state index in [9.17, 15) is 4.79 Å². The van der Waals surface area contributed by atoms with Gasteiger partial charge < -0.3 is 10.2 Å². The number of carbonyl (C=O) groups is 1. The molecule has 3 heterocycles. The summed E-state index contributed by atoms with van der Waals surface area (Å²) in [4.78, 5) is 20.0. The highest BCUT2D eigenvalue weighted by Crippen LogP contribution is 2.25. The molecule has 1 amide bonds. The zero-order valence-electron chi connectivity index (χ0n) is 13.7. The van der Waals surface area contributed by atoms with Crippen molar-refractivity contribution in [2.45, 2.75) is 38.6 Å². The van der Waals surface area contributed by atoms with Gasteiger partial charge in [0.15, 0.2) is 0 Å². The number of nitrogens with one attached hydrogen (secondary N) is 1. The summed E-state index contributed by atoms with van der Waals surface area (Å²) in [5.74, 6) is 0.845. The van der Waals surface area contributed by atoms with Crippen molar-refractivity contribution in [2.24, 2.45) is 0 Å². The maximum absolute atomic E-state index is 12.2. The number of anilines is 1. The largest absolute Gasteiger partial charge is 0.311 e. The third-order valence-corrected chi connectivity index (χ3v) is 5.39. The molecular weight excluding hydrogens is 310 g/mol. The van der Waals surface area contributed by atoms with E-state index in [1.807, 2.05) is 23.2 Å². The highest BCUT2D eigenvalue weighted by molar-refractivity contribution is 7.09. The first kappa shape index (κ1) is 16.1. The average molecular weight is 333 g/mol. The molecule has 2 aromatic rings. The molecule has 0 saturated carbocycles. The fraction of sp³-hybridized carbons (Fsp3) is 0.562. The van der Waals surface area contributed by atoms with Gasteiger partial charge >= 0.3 is 0 Å². The van der Waals surface area contributed by atoms with Crippen LogP contribution in [0, 0.1) is 6.92 Å². The first-order valence-corrected chi connectivity index (χ1v) is 8.92. The summed E-state index contributed by atoms with van der Waals surface area (Å²) >= 11 is 1.61. The van der Waals surface area contributed by atoms with Gasteiger partial charge in [0.25, 0.3) is 0 Å². The van der Waals surface area contributed by atoms with Crippen LogP contribution in [0.2, 0.25) is 0 Å². The van der Waals surface area contributed by atoms with E-state index in [1.54, 1.807) is 17.5 Å². The number of hydrogen-bond donors (Lipinski definition) is 1. The molecule has 1 N–H and O–H groups in total. The topological polar surface area (TPSA) is 63.1 Å². The molecular formula is C16H23N5OS. The van der Waals surface area contributed by atoms with Crippen LogP contribution in [-0.4, -0.2) is 45.7 Å². The summed E-state index contributed by atoms with van der Waals surface area (Å²) in [5.41, 5.74) is 2.86. The number of amides is 1. The first-order valence-electron chi connectivity index (χ1n) is 8.04. The molecule has 6 nitrogen and oxygen atoms in total. The lowest BCUT2D eigenvalue weighted by Crippen LogP contribution is -2.32. The molecule has 23 heavy (non-hydrogen) atoms. The summed E-state index contributed by atoms with van der Waals surface area (Å²) < 4.78 is 1.98. The van der Waals surface area contributed by atoms with Crippen LogP contribution in [0.15, 0.2) is 17.8 Å². The Morgan fingerprint density at radius 3 is 2.91 bits per heavy atom. The van der Waals surface area contributed by atoms with Gasteiger partial charge in [-0.15, -0.1) is 11.3 Å². The van der Waals surface area contributed by atoms with Gasteiger partial charge in [-0.3, -0.25) is 4.79 Å². The number of rotatable bonds is 5. The van der Waals surface area contributed by atoms with E-state index >= 15 is 0 Å². The van der Waals surface area contributed by atoms with Gasteiger partial charge in [-0.25, -0.2) is 9.67 Å². The zero-order chi connectivity index (χ0) is 16.2. The second-order valence-corrected chi connectivity index (χ2v) is 7.04. The lowest BCUT2D eigenvalue weighted by Gasteiger charge is -2.30. The monoisotopic (exact) mass is 333 g/mol. The Morgan fingerprint density at radius 1 is 1.43 bits per heavy atom. The normalized spacial score (nSPS) is 16.6. The molecule has 0 aromatic carbocycles. The van der Waals surface area contributed by atoms with Crippen molar-refractivity contribution in [3.05, 3.63) is 28.3 Å². The number of thiazole rings is 1. The molecule has 0 spiro atoms. The Balaban J connectivity index is 1.57. The highest BCUT2D eigenvalue weighted by atomic mass is 32.1. The third-order valence-electron chi connectivity index (χ3n) is 4.40. The third kappa shape index (κ3) is 3.97. The Bertz CT molecular complexity index is 657. The van der Waals surface area contributed by atoms with Gasteiger partial charge in [-0.05, 0) is 46.3 Å². The lowest BCUT2D eigenvalue weighted by molar-refractivity contribution is -0.116. The second kappa shape index (κ2) is 7.23. The molecule has 0 bridgehead atoms. The number of hydrogen-bond acceptors (Lipinski definition) is 5. The van der Waals surface area contributed by atoms with E-state index in [0.717, 1.165) is 43.9 Å². The highest BCUT2D eigenvalue weighted by Gasteiger charge is 2.21. The first-order chi connectivity index (χ1) is 11.1. The zero-order valence-corrected chi connectivity index (χ0v) is 14.5. The van der Waals surface area contributed by atoms with Gasteiger partial charge in [0.05, 0.1) is 23.4 Å². The SMILES string of the molecule is Cc1ncsc1CCC(=O)Nc1ccnn1C1CCN(C)CC1. The van der Waals surface area contributed by atoms with Crippen molar-refractivity contribution in [1.82, 2.24) is 19.7 Å². The molecule has 1 saturated heterocycles. The van der Waals surface area contributed by atoms with Crippen LogP contribution in [0.25, 0.3) is 0 Å². The van der Waals surface area contributed by atoms with Crippen molar-refractivity contribution >= 4 is 23.1 Å². The molecule has 0 aliphatic carbocycles. The van der Waals surface area contributed by atoms with Gasteiger partial charge in [-0.2, -0.15) is 5.10 Å². The fourth-order valence-electron chi connectivity index (χ4n) is 2.94. The summed E-state index contributed by atoms with van der Waals surface area (Å²) in [7, 11) is 2.14. The minimum Gasteiger partial charge on any atom is -0.311 e. The predicted molar refractivity (Wildman–Crippen MR) is 91.8 cm³/mol. The standard InChI is InChI=1S/C16H23N5OS/c1-12-14(23-11-17-12)3-4-16(22)19-15-5-8-18-21(15)13-6-9-20(2)10-7-13/h5,8,11,13H,3-4,6-7,9-10H2,1-2H3,(H,19,22). The van der Waals surface area contributed by atoms with Crippen LogP contribution in [-0.2, 0) is 11.2 Å². The van der Waals surface area contributed by atoms with Crippen molar-refractivity contribution in [3.63, 3.8) is 0 Å². The van der Waals surface area contributed by atoms with Crippen molar-refractivity contribution in [1.29, 1.82) is 0 Å². The minimum absolute atomic E-state index is 0.0347. The summed E-state index contributed by atoms with van der Waals surface area (Å²) in [6.07, 6.45) is 5.12. The van der Waals surface area contributed by atoms with Crippen molar-refractivity contribution < 1.29 is 4.79 Å². The van der Waals surface area contributed by atoms with Crippen LogP contribution in [0.1, 0.15) is 35.9 Å². The molecule has 3 rings (SSSR count). The summed E-state index contributed by atoms with van der Waals surface area (Å²) in [6, 6.07) is 2.26. The van der Waals surface area contributed by atoms with Gasteiger partial charge in [0.2, 0.25) is 5.91 Å². The van der Waals surface area contributed by atoms with Crippen LogP contribution in [0.5, 0.6) is 0 Å². The van der Waals surface area contributed by atoms with Crippen LogP contribution in [0.4, 0.5) is 5.82 Å². The average Bonchev–Trinajstić information content (AvgIpc) is 3.15. The Hall–Kier alpha value is -1.73. The molecule has 1 aliphatic heterocycles. The quantitative estimate of drug-likeness (QED) is 0.913. The van der Waals surface area contributed by atoms with E-state index in [2.05, 4.69) is 27.3 Å². The molecule has 124 valence electrons. The number of carbonyl (C=O) groups excluding carboxylic acids is 1. The van der Waals surface area contributed by atoms with E-state index in [1.165, 1.54) is 4.88 Å². The number of nitrogens with zero attached hydrogens (tertiary/aromatic N) is 4. The van der Waals surface area contributed by atoms with E-state index in [4.69, 9.17) is 0 Å². The summed E-state index contributed by atoms with van der Waals surface area (Å²) in [5, 5.41) is 7.43. The smallest absolute Gasteiger partial charge is 0.225 e. The maximum Gasteiger partial charge on any atom is 0.225 e. The Morgan fingerprint density at radius 2 is 2.22 bits per heavy atom. The Kier molecular flexibility index (Phi) is 5.07. The number of piperidine rings is 1. The molecule has 2 aromatic heterocycles. The molecule has 7 heteroatoms. The number of aromatic nitrogens is 3. The Labute approximate surface area is 140 Å². The van der Waals surface area contributed by atoms with E-state index < -0.39 is 0 Å². The molecule has 1 aliphatic rings.